The van der Waals surface area contributed by atoms with Crippen molar-refractivity contribution in [2.45, 2.75) is 12.1 Å². The largest absolute Gasteiger partial charge is 0.461 e. The zero-order valence-corrected chi connectivity index (χ0v) is 14.8. The average molecular weight is 350 g/mol. The summed E-state index contributed by atoms with van der Waals surface area (Å²) in [6.45, 7) is 2.06. The summed E-state index contributed by atoms with van der Waals surface area (Å²) in [5, 5.41) is 7.06. The predicted molar refractivity (Wildman–Crippen MR) is 97.2 cm³/mol. The fourth-order valence-electron chi connectivity index (χ4n) is 1.97. The van der Waals surface area contributed by atoms with Gasteiger partial charge in [-0.15, -0.1) is 0 Å². The summed E-state index contributed by atoms with van der Waals surface area (Å²) < 4.78 is 6.79. The molecule has 0 bridgehead atoms. The van der Waals surface area contributed by atoms with Crippen molar-refractivity contribution in [2.75, 3.05) is 23.5 Å². The number of anilines is 2. The first-order valence-electron chi connectivity index (χ1n) is 6.97. The highest BCUT2D eigenvalue weighted by atomic mass is 32.2. The van der Waals surface area contributed by atoms with Crippen molar-refractivity contribution in [1.82, 2.24) is 9.55 Å². The van der Waals surface area contributed by atoms with Crippen molar-refractivity contribution < 1.29 is 9.53 Å². The highest BCUT2D eigenvalue weighted by molar-refractivity contribution is 7.98. The number of thioether (sulfide) groups is 1. The van der Waals surface area contributed by atoms with Crippen molar-refractivity contribution >= 4 is 46.6 Å². The van der Waals surface area contributed by atoms with Gasteiger partial charge in [-0.05, 0) is 37.5 Å². The average Bonchev–Trinajstić information content (AvgIpc) is 2.84. The molecule has 0 atom stereocenters. The molecule has 1 heterocycles. The Bertz CT molecular complexity index is 701. The van der Waals surface area contributed by atoms with Crippen LogP contribution < -0.4 is 10.6 Å². The Kier molecular flexibility index (Phi) is 6.00. The molecule has 2 N–H and O–H groups in total. The van der Waals surface area contributed by atoms with E-state index in [1.807, 2.05) is 36.6 Å². The Balaban J connectivity index is 2.21. The van der Waals surface area contributed by atoms with Gasteiger partial charge in [-0.3, -0.25) is 0 Å². The van der Waals surface area contributed by atoms with Crippen LogP contribution in [0.15, 0.2) is 35.5 Å². The molecular formula is C15H18N4O2S2. The molecular weight excluding hydrogens is 332 g/mol. The maximum atomic E-state index is 12.2. The van der Waals surface area contributed by atoms with Crippen molar-refractivity contribution in [1.29, 1.82) is 0 Å². The third-order valence-electron chi connectivity index (χ3n) is 2.97. The number of imidazole rings is 1. The van der Waals surface area contributed by atoms with Crippen LogP contribution in [0.4, 0.5) is 11.5 Å². The molecule has 0 radical (unpaired) electrons. The van der Waals surface area contributed by atoms with E-state index in [9.17, 15) is 4.79 Å². The van der Waals surface area contributed by atoms with Gasteiger partial charge in [-0.25, -0.2) is 9.78 Å². The standard InChI is InChI=1S/C15H18N4O2S2/c1-4-21-13(20)11-12(18-15(23-3)19(11)2)17-14(22)16-10-8-6-5-7-9-10/h5-9H,4H2,1-3H3,(H2,16,17,22). The normalized spacial score (nSPS) is 10.2. The molecule has 23 heavy (non-hydrogen) atoms. The molecule has 1 aromatic carbocycles. The van der Waals surface area contributed by atoms with Gasteiger partial charge >= 0.3 is 5.97 Å². The predicted octanol–water partition coefficient (Wildman–Crippen LogP) is 3.13. The number of aromatic nitrogens is 2. The fourth-order valence-corrected chi connectivity index (χ4v) is 2.73. The van der Waals surface area contributed by atoms with Crippen LogP contribution in [0.25, 0.3) is 0 Å². The number of esters is 1. The van der Waals surface area contributed by atoms with E-state index < -0.39 is 5.97 Å². The van der Waals surface area contributed by atoms with E-state index in [1.165, 1.54) is 11.8 Å². The van der Waals surface area contributed by atoms with Crippen LogP contribution in [0, 0.1) is 0 Å². The molecule has 0 spiro atoms. The van der Waals surface area contributed by atoms with E-state index in [2.05, 4.69) is 15.6 Å². The number of hydrogen-bond acceptors (Lipinski definition) is 5. The van der Waals surface area contributed by atoms with Crippen molar-refractivity contribution in [2.24, 2.45) is 7.05 Å². The minimum Gasteiger partial charge on any atom is -0.461 e. The number of nitrogens with one attached hydrogen (secondary N) is 2. The summed E-state index contributed by atoms with van der Waals surface area (Å²) in [7, 11) is 1.77. The quantitative estimate of drug-likeness (QED) is 0.488. The lowest BCUT2D eigenvalue weighted by molar-refractivity contribution is 0.0515. The summed E-state index contributed by atoms with van der Waals surface area (Å²) in [6, 6.07) is 9.52. The second kappa shape index (κ2) is 7.98. The molecule has 0 aliphatic carbocycles. The number of carbonyl (C=O) groups is 1. The van der Waals surface area contributed by atoms with Gasteiger partial charge in [-0.1, -0.05) is 30.0 Å². The Hall–Kier alpha value is -2.06. The van der Waals surface area contributed by atoms with Crippen LogP contribution in [0.1, 0.15) is 17.4 Å². The number of ether oxygens (including phenoxy) is 1. The molecule has 0 unspecified atom stereocenters. The molecule has 0 saturated heterocycles. The third-order valence-corrected chi connectivity index (χ3v) is 3.90. The third kappa shape index (κ3) is 4.23. The monoisotopic (exact) mass is 350 g/mol. The number of rotatable bonds is 5. The molecule has 0 aliphatic heterocycles. The molecule has 0 fully saturated rings. The SMILES string of the molecule is CCOC(=O)c1c(NC(=S)Nc2ccccc2)nc(SC)n1C. The molecule has 0 aliphatic rings. The van der Waals surface area contributed by atoms with Crippen LogP contribution in [0.3, 0.4) is 0 Å². The first kappa shape index (κ1) is 17.3. The lowest BCUT2D eigenvalue weighted by Gasteiger charge is -2.10. The zero-order valence-electron chi connectivity index (χ0n) is 13.1. The van der Waals surface area contributed by atoms with Gasteiger partial charge in [0.2, 0.25) is 0 Å². The van der Waals surface area contributed by atoms with Gasteiger partial charge in [0.05, 0.1) is 6.61 Å². The van der Waals surface area contributed by atoms with E-state index in [0.29, 0.717) is 28.4 Å². The van der Waals surface area contributed by atoms with Crippen molar-refractivity contribution in [3.63, 3.8) is 0 Å². The van der Waals surface area contributed by atoms with Crippen LogP contribution in [0.5, 0.6) is 0 Å². The molecule has 2 aromatic rings. The summed E-state index contributed by atoms with van der Waals surface area (Å²) >= 11 is 6.72. The van der Waals surface area contributed by atoms with E-state index in [1.54, 1.807) is 18.5 Å². The second-order valence-corrected chi connectivity index (χ2v) is 5.70. The zero-order chi connectivity index (χ0) is 16.8. The maximum absolute atomic E-state index is 12.2. The van der Waals surface area contributed by atoms with Crippen LogP contribution in [-0.4, -0.2) is 33.5 Å². The maximum Gasteiger partial charge on any atom is 0.358 e. The summed E-state index contributed by atoms with van der Waals surface area (Å²) in [5.41, 5.74) is 1.19. The van der Waals surface area contributed by atoms with E-state index in [-0.39, 0.29) is 0 Å². The molecule has 8 heteroatoms. The number of nitrogens with zero attached hydrogens (tertiary/aromatic N) is 2. The van der Waals surface area contributed by atoms with E-state index in [4.69, 9.17) is 17.0 Å². The Morgan fingerprint density at radius 2 is 2.04 bits per heavy atom. The number of benzene rings is 1. The first-order chi connectivity index (χ1) is 11.1. The summed E-state index contributed by atoms with van der Waals surface area (Å²) in [5.74, 6) is -0.0588. The summed E-state index contributed by atoms with van der Waals surface area (Å²) in [6.07, 6.45) is 1.89. The molecule has 122 valence electrons. The smallest absolute Gasteiger partial charge is 0.358 e. The molecule has 6 nitrogen and oxygen atoms in total. The Morgan fingerprint density at radius 1 is 1.35 bits per heavy atom. The van der Waals surface area contributed by atoms with Crippen LogP contribution >= 0.6 is 24.0 Å². The summed E-state index contributed by atoms with van der Waals surface area (Å²) in [4.78, 5) is 16.6. The molecule has 2 rings (SSSR count). The minimum atomic E-state index is -0.437. The van der Waals surface area contributed by atoms with E-state index >= 15 is 0 Å². The Morgan fingerprint density at radius 3 is 2.65 bits per heavy atom. The van der Waals surface area contributed by atoms with Gasteiger partial charge in [0, 0.05) is 12.7 Å². The van der Waals surface area contributed by atoms with E-state index in [0.717, 1.165) is 5.69 Å². The van der Waals surface area contributed by atoms with Crippen LogP contribution in [0.2, 0.25) is 0 Å². The number of para-hydroxylation sites is 1. The topological polar surface area (TPSA) is 68.2 Å². The van der Waals surface area contributed by atoms with Crippen molar-refractivity contribution in [3.8, 4) is 0 Å². The van der Waals surface area contributed by atoms with Crippen LogP contribution in [-0.2, 0) is 11.8 Å². The Labute approximate surface area is 144 Å². The lowest BCUT2D eigenvalue weighted by atomic mass is 10.3. The van der Waals surface area contributed by atoms with Gasteiger partial charge in [0.15, 0.2) is 21.8 Å². The molecule has 0 amide bonds. The van der Waals surface area contributed by atoms with Gasteiger partial charge in [0.1, 0.15) is 0 Å². The minimum absolute atomic E-state index is 0.296. The molecule has 1 aromatic heterocycles. The van der Waals surface area contributed by atoms with Gasteiger partial charge < -0.3 is 19.9 Å². The highest BCUT2D eigenvalue weighted by Gasteiger charge is 2.22. The number of thiocarbonyl (C=S) groups is 1. The fraction of sp³-hybridized carbons (Fsp3) is 0.267. The first-order valence-corrected chi connectivity index (χ1v) is 8.61. The lowest BCUT2D eigenvalue weighted by Crippen LogP contribution is -2.21. The van der Waals surface area contributed by atoms with Gasteiger partial charge in [0.25, 0.3) is 0 Å². The number of hydrogen-bond donors (Lipinski definition) is 2. The van der Waals surface area contributed by atoms with Gasteiger partial charge in [-0.2, -0.15) is 0 Å². The molecule has 0 saturated carbocycles. The highest BCUT2D eigenvalue weighted by Crippen LogP contribution is 2.23. The second-order valence-electron chi connectivity index (χ2n) is 4.52. The number of carbonyl (C=O) groups excluding carboxylic acids is 1. The van der Waals surface area contributed by atoms with Crippen molar-refractivity contribution in [3.05, 3.63) is 36.0 Å².